The molecule has 192 valence electrons. The molecule has 5 rings (SSSR count). The maximum Gasteiger partial charge on any atom is 0.270 e. The highest BCUT2D eigenvalue weighted by atomic mass is 16.2. The average Bonchev–Trinajstić information content (AvgIpc) is 3.29. The zero-order chi connectivity index (χ0) is 26.2. The lowest BCUT2D eigenvalue weighted by Gasteiger charge is -2.37. The topological polar surface area (TPSA) is 104 Å². The lowest BCUT2D eigenvalue weighted by Crippen LogP contribution is -2.51. The molecule has 0 saturated carbocycles. The van der Waals surface area contributed by atoms with E-state index in [9.17, 15) is 14.4 Å². The first-order valence-electron chi connectivity index (χ1n) is 12.4. The summed E-state index contributed by atoms with van der Waals surface area (Å²) in [6.45, 7) is 10.1. The third kappa shape index (κ3) is 5.39. The van der Waals surface area contributed by atoms with Crippen molar-refractivity contribution in [2.24, 2.45) is 5.41 Å². The van der Waals surface area contributed by atoms with E-state index in [1.807, 2.05) is 48.5 Å². The number of aromatic nitrogens is 4. The Labute approximate surface area is 214 Å². The third-order valence-electron chi connectivity index (χ3n) is 6.50. The van der Waals surface area contributed by atoms with Gasteiger partial charge in [0, 0.05) is 62.8 Å². The van der Waals surface area contributed by atoms with E-state index in [2.05, 4.69) is 26.3 Å². The van der Waals surface area contributed by atoms with Crippen LogP contribution in [0.1, 0.15) is 42.5 Å². The van der Waals surface area contributed by atoms with Gasteiger partial charge in [0.05, 0.1) is 12.2 Å². The molecule has 1 fully saturated rings. The molecule has 1 aliphatic rings. The van der Waals surface area contributed by atoms with Crippen molar-refractivity contribution in [1.82, 2.24) is 33.9 Å². The Morgan fingerprint density at radius 2 is 1.76 bits per heavy atom. The fourth-order valence-electron chi connectivity index (χ4n) is 4.54. The van der Waals surface area contributed by atoms with E-state index in [1.54, 1.807) is 24.4 Å². The van der Waals surface area contributed by atoms with E-state index in [-0.39, 0.29) is 29.1 Å². The highest BCUT2D eigenvalue weighted by Crippen LogP contribution is 2.19. The summed E-state index contributed by atoms with van der Waals surface area (Å²) < 4.78 is 3.35. The molecule has 1 aliphatic heterocycles. The SMILES string of the molecule is CC(C)(C)C(=O)N1CCN(Cc2ccc3nc(CNC(=O)c4cc(=O)n5ccccc5n4)cn3c2)CC1. The zero-order valence-electron chi connectivity index (χ0n) is 21.3. The summed E-state index contributed by atoms with van der Waals surface area (Å²) in [5.74, 6) is -0.222. The van der Waals surface area contributed by atoms with Crippen molar-refractivity contribution in [2.75, 3.05) is 26.2 Å². The van der Waals surface area contributed by atoms with E-state index < -0.39 is 5.91 Å². The summed E-state index contributed by atoms with van der Waals surface area (Å²) in [6.07, 6.45) is 5.55. The van der Waals surface area contributed by atoms with E-state index in [0.717, 1.165) is 43.9 Å². The monoisotopic (exact) mass is 501 g/mol. The molecule has 0 bridgehead atoms. The molecule has 0 radical (unpaired) electrons. The van der Waals surface area contributed by atoms with Gasteiger partial charge in [0.25, 0.3) is 11.5 Å². The summed E-state index contributed by atoms with van der Waals surface area (Å²) in [4.78, 5) is 50.6. The highest BCUT2D eigenvalue weighted by Gasteiger charge is 2.29. The minimum atomic E-state index is -0.426. The molecule has 37 heavy (non-hydrogen) atoms. The Balaban J connectivity index is 1.20. The molecular formula is C27H31N7O3. The van der Waals surface area contributed by atoms with Crippen molar-refractivity contribution >= 4 is 23.1 Å². The smallest absolute Gasteiger partial charge is 0.270 e. The van der Waals surface area contributed by atoms with Crippen molar-refractivity contribution < 1.29 is 9.59 Å². The molecule has 1 N–H and O–H groups in total. The minimum absolute atomic E-state index is 0.0755. The number of nitrogens with one attached hydrogen (secondary N) is 1. The van der Waals surface area contributed by atoms with Crippen LogP contribution in [0.25, 0.3) is 11.3 Å². The first-order valence-corrected chi connectivity index (χ1v) is 12.4. The molecule has 4 aromatic rings. The first-order chi connectivity index (χ1) is 17.7. The van der Waals surface area contributed by atoms with Crippen LogP contribution in [0, 0.1) is 5.41 Å². The Morgan fingerprint density at radius 1 is 0.973 bits per heavy atom. The van der Waals surface area contributed by atoms with Gasteiger partial charge in [-0.05, 0) is 23.8 Å². The molecule has 4 aromatic heterocycles. The second-order valence-electron chi connectivity index (χ2n) is 10.4. The van der Waals surface area contributed by atoms with Gasteiger partial charge < -0.3 is 14.6 Å². The molecule has 0 atom stereocenters. The van der Waals surface area contributed by atoms with Gasteiger partial charge in [0.1, 0.15) is 17.0 Å². The number of nitrogens with zero attached hydrogens (tertiary/aromatic N) is 6. The number of fused-ring (bicyclic) bond motifs is 2. The number of rotatable bonds is 5. The number of carbonyl (C=O) groups is 2. The zero-order valence-corrected chi connectivity index (χ0v) is 21.3. The van der Waals surface area contributed by atoms with E-state index in [1.165, 1.54) is 10.5 Å². The lowest BCUT2D eigenvalue weighted by atomic mass is 9.94. The van der Waals surface area contributed by atoms with Gasteiger partial charge in [-0.2, -0.15) is 0 Å². The van der Waals surface area contributed by atoms with Crippen molar-refractivity contribution in [2.45, 2.75) is 33.9 Å². The first kappa shape index (κ1) is 24.6. The van der Waals surface area contributed by atoms with E-state index >= 15 is 0 Å². The van der Waals surface area contributed by atoms with Crippen molar-refractivity contribution in [3.63, 3.8) is 0 Å². The standard InChI is InChI=1S/C27H31N7O3/c1-27(2,3)26(37)32-12-10-31(11-13-32)16-19-7-8-22-29-20(18-33(22)17-19)15-28-25(36)21-14-24(35)34-9-5-4-6-23(34)30-21/h4-9,14,17-18H,10-13,15-16H2,1-3H3,(H,28,36). The molecule has 0 aromatic carbocycles. The summed E-state index contributed by atoms with van der Waals surface area (Å²) in [5, 5.41) is 2.81. The van der Waals surface area contributed by atoms with Crippen LogP contribution < -0.4 is 10.9 Å². The predicted octanol–water partition coefficient (Wildman–Crippen LogP) is 1.96. The second kappa shape index (κ2) is 9.78. The van der Waals surface area contributed by atoms with Gasteiger partial charge in [0.2, 0.25) is 5.91 Å². The summed E-state index contributed by atoms with van der Waals surface area (Å²) in [5.41, 5.74) is 2.48. The van der Waals surface area contributed by atoms with Gasteiger partial charge in [0.15, 0.2) is 0 Å². The minimum Gasteiger partial charge on any atom is -0.345 e. The predicted molar refractivity (Wildman–Crippen MR) is 139 cm³/mol. The molecule has 0 unspecified atom stereocenters. The number of piperazine rings is 1. The maximum atomic E-state index is 12.6. The van der Waals surface area contributed by atoms with Crippen LogP contribution in [-0.4, -0.2) is 66.6 Å². The van der Waals surface area contributed by atoms with E-state index in [4.69, 9.17) is 0 Å². The molecule has 10 nitrogen and oxygen atoms in total. The maximum absolute atomic E-state index is 12.6. The second-order valence-corrected chi connectivity index (χ2v) is 10.4. The highest BCUT2D eigenvalue weighted by molar-refractivity contribution is 5.92. The normalized spacial score (nSPS) is 14.8. The fraction of sp³-hybridized carbons (Fsp3) is 0.370. The van der Waals surface area contributed by atoms with Crippen LogP contribution in [0.3, 0.4) is 0 Å². The molecule has 5 heterocycles. The van der Waals surface area contributed by atoms with Gasteiger partial charge in [-0.1, -0.05) is 32.9 Å². The number of hydrogen-bond donors (Lipinski definition) is 1. The molecule has 10 heteroatoms. The number of imidazole rings is 1. The van der Waals surface area contributed by atoms with Gasteiger partial charge in [-0.3, -0.25) is 23.7 Å². The molecule has 2 amide bonds. The Bertz CT molecular complexity index is 1520. The third-order valence-corrected chi connectivity index (χ3v) is 6.50. The van der Waals surface area contributed by atoms with Crippen molar-refractivity contribution in [3.05, 3.63) is 82.3 Å². The summed E-state index contributed by atoms with van der Waals surface area (Å²) in [7, 11) is 0. The number of carbonyl (C=O) groups excluding carboxylic acids is 2. The fourth-order valence-corrected chi connectivity index (χ4v) is 4.54. The largest absolute Gasteiger partial charge is 0.345 e. The van der Waals surface area contributed by atoms with Crippen LogP contribution >= 0.6 is 0 Å². The van der Waals surface area contributed by atoms with Gasteiger partial charge >= 0.3 is 0 Å². The van der Waals surface area contributed by atoms with E-state index in [0.29, 0.717) is 11.3 Å². The van der Waals surface area contributed by atoms with Crippen LogP contribution in [0.2, 0.25) is 0 Å². The number of pyridine rings is 2. The summed E-state index contributed by atoms with van der Waals surface area (Å²) in [6, 6.07) is 10.4. The van der Waals surface area contributed by atoms with Gasteiger partial charge in [-0.15, -0.1) is 0 Å². The number of amides is 2. The Kier molecular flexibility index (Phi) is 6.51. The summed E-state index contributed by atoms with van der Waals surface area (Å²) >= 11 is 0. The quantitative estimate of drug-likeness (QED) is 0.448. The van der Waals surface area contributed by atoms with Gasteiger partial charge in [-0.25, -0.2) is 9.97 Å². The molecular weight excluding hydrogens is 470 g/mol. The van der Waals surface area contributed by atoms with Crippen LogP contribution in [-0.2, 0) is 17.9 Å². The van der Waals surface area contributed by atoms with Crippen LogP contribution in [0.5, 0.6) is 0 Å². The molecule has 0 aliphatic carbocycles. The van der Waals surface area contributed by atoms with Crippen LogP contribution in [0.4, 0.5) is 0 Å². The lowest BCUT2D eigenvalue weighted by molar-refractivity contribution is -0.141. The van der Waals surface area contributed by atoms with Crippen LogP contribution in [0.15, 0.2) is 59.8 Å². The van der Waals surface area contributed by atoms with Crippen molar-refractivity contribution in [3.8, 4) is 0 Å². The average molecular weight is 502 g/mol. The molecule has 1 saturated heterocycles. The van der Waals surface area contributed by atoms with Crippen molar-refractivity contribution in [1.29, 1.82) is 0 Å². The molecule has 0 spiro atoms. The number of hydrogen-bond acceptors (Lipinski definition) is 6. The Hall–Kier alpha value is -4.05. The Morgan fingerprint density at radius 3 is 2.51 bits per heavy atom.